The van der Waals surface area contributed by atoms with Gasteiger partial charge in [-0.15, -0.1) is 0 Å². The van der Waals surface area contributed by atoms with Gasteiger partial charge in [-0.25, -0.2) is 9.97 Å². The summed E-state index contributed by atoms with van der Waals surface area (Å²) in [6, 6.07) is 29.7. The fraction of sp³-hybridized carbons (Fsp3) is 0.118. The van der Waals surface area contributed by atoms with Crippen LogP contribution in [0.5, 0.6) is 29.0 Å². The molecule has 0 fully saturated rings. The Morgan fingerprint density at radius 1 is 0.864 bits per heavy atom. The van der Waals surface area contributed by atoms with Crippen molar-refractivity contribution in [2.75, 3.05) is 25.1 Å². The van der Waals surface area contributed by atoms with Gasteiger partial charge in [-0.1, -0.05) is 60.7 Å². The van der Waals surface area contributed by atoms with E-state index in [0.29, 0.717) is 23.5 Å². The third-order valence-electron chi connectivity index (χ3n) is 6.50. The highest BCUT2D eigenvalue weighted by Crippen LogP contribution is 2.46. The maximum atomic E-state index is 13.6. The van der Waals surface area contributed by atoms with E-state index in [2.05, 4.69) is 21.4 Å². The maximum Gasteiger partial charge on any atom is 0.322 e. The van der Waals surface area contributed by atoms with Crippen LogP contribution in [0.15, 0.2) is 103 Å². The Morgan fingerprint density at radius 2 is 1.55 bits per heavy atom. The molecule has 220 valence electrons. The number of carbonyl (C=O) groups is 1. The SMILES string of the molecule is CN(C)C(=O)c1c(N)c(NCc2ccccc2)cc(Oc2cc(C#N)ccc2OCc2ccccc2)c1Oc1ncccn1. The van der Waals surface area contributed by atoms with Crippen molar-refractivity contribution in [3.8, 4) is 35.1 Å². The third-order valence-corrected chi connectivity index (χ3v) is 6.50. The van der Waals surface area contributed by atoms with Gasteiger partial charge < -0.3 is 30.2 Å². The number of nitrogens with one attached hydrogen (secondary N) is 1. The summed E-state index contributed by atoms with van der Waals surface area (Å²) in [7, 11) is 3.22. The molecule has 4 aromatic carbocycles. The number of hydrogen-bond acceptors (Lipinski definition) is 9. The summed E-state index contributed by atoms with van der Waals surface area (Å²) < 4.78 is 18.7. The summed E-state index contributed by atoms with van der Waals surface area (Å²) in [5.74, 6) is 0.334. The molecule has 0 atom stereocenters. The van der Waals surface area contributed by atoms with E-state index in [9.17, 15) is 10.1 Å². The summed E-state index contributed by atoms with van der Waals surface area (Å²) in [5.41, 5.74) is 9.60. The van der Waals surface area contributed by atoms with Gasteiger partial charge in [-0.05, 0) is 29.3 Å². The van der Waals surface area contributed by atoms with E-state index < -0.39 is 5.91 Å². The number of nitrogens with two attached hydrogens (primary N) is 1. The molecule has 5 rings (SSSR count). The number of ether oxygens (including phenoxy) is 3. The van der Waals surface area contributed by atoms with E-state index in [1.54, 1.807) is 44.4 Å². The number of amides is 1. The molecular weight excluding hydrogens is 556 g/mol. The van der Waals surface area contributed by atoms with Crippen LogP contribution in [0, 0.1) is 11.3 Å². The first-order valence-electron chi connectivity index (χ1n) is 13.7. The first-order chi connectivity index (χ1) is 21.4. The molecule has 0 unspecified atom stereocenters. The Bertz CT molecular complexity index is 1780. The van der Waals surface area contributed by atoms with Gasteiger partial charge in [0.1, 0.15) is 12.2 Å². The van der Waals surface area contributed by atoms with Gasteiger partial charge in [0.2, 0.25) is 0 Å². The molecule has 5 aromatic rings. The Balaban J connectivity index is 1.62. The van der Waals surface area contributed by atoms with Crippen LogP contribution in [0.1, 0.15) is 27.0 Å². The highest BCUT2D eigenvalue weighted by atomic mass is 16.5. The van der Waals surface area contributed by atoms with Crippen LogP contribution in [0.2, 0.25) is 0 Å². The number of carbonyl (C=O) groups excluding carboxylic acids is 1. The number of nitriles is 1. The monoisotopic (exact) mass is 586 g/mol. The van der Waals surface area contributed by atoms with Crippen molar-refractivity contribution in [1.82, 2.24) is 14.9 Å². The number of benzene rings is 4. The van der Waals surface area contributed by atoms with Crippen molar-refractivity contribution in [2.24, 2.45) is 0 Å². The number of nitrogens with zero attached hydrogens (tertiary/aromatic N) is 4. The van der Waals surface area contributed by atoms with Crippen LogP contribution in [-0.4, -0.2) is 34.9 Å². The normalized spacial score (nSPS) is 10.4. The number of nitrogen functional groups attached to an aromatic ring is 1. The number of hydrogen-bond donors (Lipinski definition) is 2. The van der Waals surface area contributed by atoms with Gasteiger partial charge in [-0.3, -0.25) is 4.79 Å². The highest BCUT2D eigenvalue weighted by Gasteiger charge is 2.28. The molecule has 1 aromatic heterocycles. The lowest BCUT2D eigenvalue weighted by Gasteiger charge is -2.22. The van der Waals surface area contributed by atoms with Crippen LogP contribution >= 0.6 is 0 Å². The van der Waals surface area contributed by atoms with Crippen LogP contribution in [0.3, 0.4) is 0 Å². The Labute approximate surface area is 255 Å². The molecule has 0 aliphatic heterocycles. The molecule has 10 heteroatoms. The van der Waals surface area contributed by atoms with E-state index in [0.717, 1.165) is 11.1 Å². The molecule has 3 N–H and O–H groups in total. The van der Waals surface area contributed by atoms with Gasteiger partial charge >= 0.3 is 6.01 Å². The molecule has 10 nitrogen and oxygen atoms in total. The zero-order valence-electron chi connectivity index (χ0n) is 24.2. The zero-order chi connectivity index (χ0) is 30.9. The van der Waals surface area contributed by atoms with E-state index in [1.807, 2.05) is 60.7 Å². The average molecular weight is 587 g/mol. The molecule has 0 radical (unpaired) electrons. The van der Waals surface area contributed by atoms with Crippen molar-refractivity contribution < 1.29 is 19.0 Å². The van der Waals surface area contributed by atoms with E-state index in [4.69, 9.17) is 19.9 Å². The van der Waals surface area contributed by atoms with Crippen LogP contribution < -0.4 is 25.3 Å². The molecule has 1 amide bonds. The average Bonchev–Trinajstić information content (AvgIpc) is 3.06. The lowest BCUT2D eigenvalue weighted by Crippen LogP contribution is -2.24. The van der Waals surface area contributed by atoms with Crippen molar-refractivity contribution in [2.45, 2.75) is 13.2 Å². The fourth-order valence-corrected chi connectivity index (χ4v) is 4.27. The minimum absolute atomic E-state index is 0.00836. The Morgan fingerprint density at radius 3 is 2.20 bits per heavy atom. The number of anilines is 2. The van der Waals surface area contributed by atoms with Gasteiger partial charge in [0.25, 0.3) is 5.91 Å². The number of aromatic nitrogens is 2. The van der Waals surface area contributed by atoms with Crippen molar-refractivity contribution >= 4 is 17.3 Å². The van der Waals surface area contributed by atoms with Crippen molar-refractivity contribution in [3.05, 3.63) is 126 Å². The van der Waals surface area contributed by atoms with E-state index in [-0.39, 0.29) is 41.1 Å². The fourth-order valence-electron chi connectivity index (χ4n) is 4.27. The molecule has 0 aliphatic carbocycles. The molecular formula is C34H30N6O4. The van der Waals surface area contributed by atoms with Crippen LogP contribution in [-0.2, 0) is 13.2 Å². The van der Waals surface area contributed by atoms with E-state index >= 15 is 0 Å². The quantitative estimate of drug-likeness (QED) is 0.168. The summed E-state index contributed by atoms with van der Waals surface area (Å²) in [6.07, 6.45) is 3.03. The summed E-state index contributed by atoms with van der Waals surface area (Å²) >= 11 is 0. The minimum Gasteiger partial charge on any atom is -0.485 e. The maximum absolute atomic E-state index is 13.6. The lowest BCUT2D eigenvalue weighted by atomic mass is 10.1. The summed E-state index contributed by atoms with van der Waals surface area (Å²) in [5, 5.41) is 13.0. The lowest BCUT2D eigenvalue weighted by molar-refractivity contribution is 0.0825. The van der Waals surface area contributed by atoms with Crippen molar-refractivity contribution in [3.63, 3.8) is 0 Å². The Kier molecular flexibility index (Phi) is 9.17. The molecule has 0 saturated heterocycles. The first kappa shape index (κ1) is 29.4. The standard InChI is InChI=1S/C34H30N6O4/c1-40(2)33(41)30-31(36)26(39-21-23-10-5-3-6-11-23)19-29(32(30)44-34-37-16-9-17-38-34)43-28-18-25(20-35)14-15-27(28)42-22-24-12-7-4-8-13-24/h3-19,39H,21-22,36H2,1-2H3. The highest BCUT2D eigenvalue weighted by molar-refractivity contribution is 6.05. The molecule has 0 bridgehead atoms. The second-order valence-electron chi connectivity index (χ2n) is 9.86. The van der Waals surface area contributed by atoms with E-state index in [1.165, 1.54) is 17.3 Å². The molecule has 1 heterocycles. The Hall–Kier alpha value is -6.08. The summed E-state index contributed by atoms with van der Waals surface area (Å²) in [4.78, 5) is 23.3. The molecule has 44 heavy (non-hydrogen) atoms. The predicted octanol–water partition coefficient (Wildman–Crippen LogP) is 6.41. The van der Waals surface area contributed by atoms with Crippen molar-refractivity contribution in [1.29, 1.82) is 5.26 Å². The van der Waals surface area contributed by atoms with Gasteiger partial charge in [0.05, 0.1) is 23.0 Å². The van der Waals surface area contributed by atoms with Crippen LogP contribution in [0.4, 0.5) is 11.4 Å². The third kappa shape index (κ3) is 7.03. The summed E-state index contributed by atoms with van der Waals surface area (Å²) in [6.45, 7) is 0.692. The smallest absolute Gasteiger partial charge is 0.322 e. The first-order valence-corrected chi connectivity index (χ1v) is 13.7. The van der Waals surface area contributed by atoms with Gasteiger partial charge in [0, 0.05) is 45.2 Å². The minimum atomic E-state index is -0.423. The molecule has 0 aliphatic rings. The largest absolute Gasteiger partial charge is 0.485 e. The second-order valence-corrected chi connectivity index (χ2v) is 9.86. The predicted molar refractivity (Wildman–Crippen MR) is 167 cm³/mol. The zero-order valence-corrected chi connectivity index (χ0v) is 24.2. The van der Waals surface area contributed by atoms with Gasteiger partial charge in [0.15, 0.2) is 23.0 Å². The van der Waals surface area contributed by atoms with Crippen LogP contribution in [0.25, 0.3) is 0 Å². The topological polar surface area (TPSA) is 136 Å². The van der Waals surface area contributed by atoms with Gasteiger partial charge in [-0.2, -0.15) is 5.26 Å². The number of rotatable bonds is 11. The molecule has 0 saturated carbocycles. The second kappa shape index (κ2) is 13.7. The molecule has 0 spiro atoms.